The molecule has 0 heterocycles. The maximum atomic E-state index is 11.8. The Hall–Kier alpha value is -1.51. The van der Waals surface area contributed by atoms with Crippen LogP contribution in [0, 0.1) is 11.8 Å². The van der Waals surface area contributed by atoms with Crippen LogP contribution in [-0.4, -0.2) is 13.0 Å². The molecule has 0 aromatic heterocycles. The summed E-state index contributed by atoms with van der Waals surface area (Å²) in [5.41, 5.74) is 1.10. The molecular formula is C14H19NO2. The van der Waals surface area contributed by atoms with E-state index in [1.165, 1.54) is 0 Å². The van der Waals surface area contributed by atoms with Crippen molar-refractivity contribution in [1.82, 2.24) is 5.32 Å². The average Bonchev–Trinajstić information content (AvgIpc) is 3.06. The van der Waals surface area contributed by atoms with Gasteiger partial charge in [-0.25, -0.2) is 0 Å². The Morgan fingerprint density at radius 1 is 1.41 bits per heavy atom. The second-order valence-corrected chi connectivity index (χ2v) is 4.82. The standard InChI is InChI=1S/C14H19NO2/c1-9-8-13(9)14(16)15-10(2)11-4-6-12(17-3)7-5-11/h4-7,9-10,13H,8H2,1-3H3,(H,15,16)/t9-,10+,13-/m0/s1. The lowest BCUT2D eigenvalue weighted by Crippen LogP contribution is -2.28. The van der Waals surface area contributed by atoms with Gasteiger partial charge in [-0.2, -0.15) is 0 Å². The van der Waals surface area contributed by atoms with E-state index in [2.05, 4.69) is 12.2 Å². The Bertz CT molecular complexity index is 399. The molecule has 1 aliphatic carbocycles. The summed E-state index contributed by atoms with van der Waals surface area (Å²) in [6.45, 7) is 4.12. The van der Waals surface area contributed by atoms with Gasteiger partial charge in [0.1, 0.15) is 5.75 Å². The number of methoxy groups -OCH3 is 1. The van der Waals surface area contributed by atoms with Gasteiger partial charge in [0.25, 0.3) is 0 Å². The number of nitrogens with one attached hydrogen (secondary N) is 1. The van der Waals surface area contributed by atoms with E-state index in [1.54, 1.807) is 7.11 Å². The van der Waals surface area contributed by atoms with Crippen LogP contribution in [0.3, 0.4) is 0 Å². The van der Waals surface area contributed by atoms with Crippen molar-refractivity contribution in [3.8, 4) is 5.75 Å². The van der Waals surface area contributed by atoms with E-state index in [1.807, 2.05) is 31.2 Å². The van der Waals surface area contributed by atoms with Crippen LogP contribution in [0.15, 0.2) is 24.3 Å². The zero-order valence-electron chi connectivity index (χ0n) is 10.6. The number of carbonyl (C=O) groups excluding carboxylic acids is 1. The van der Waals surface area contributed by atoms with E-state index >= 15 is 0 Å². The molecule has 0 aliphatic heterocycles. The molecule has 1 aliphatic rings. The Balaban J connectivity index is 1.94. The van der Waals surface area contributed by atoms with Crippen molar-refractivity contribution in [3.63, 3.8) is 0 Å². The van der Waals surface area contributed by atoms with Gasteiger partial charge in [-0.1, -0.05) is 19.1 Å². The topological polar surface area (TPSA) is 38.3 Å². The Morgan fingerprint density at radius 3 is 2.47 bits per heavy atom. The summed E-state index contributed by atoms with van der Waals surface area (Å²) in [5, 5.41) is 3.05. The molecule has 17 heavy (non-hydrogen) atoms. The molecule has 3 nitrogen and oxygen atoms in total. The minimum absolute atomic E-state index is 0.0567. The fourth-order valence-electron chi connectivity index (χ4n) is 1.98. The first-order valence-electron chi connectivity index (χ1n) is 6.06. The van der Waals surface area contributed by atoms with Crippen LogP contribution in [0.25, 0.3) is 0 Å². The summed E-state index contributed by atoms with van der Waals surface area (Å²) in [6, 6.07) is 7.86. The smallest absolute Gasteiger partial charge is 0.223 e. The van der Waals surface area contributed by atoms with Gasteiger partial charge in [0.15, 0.2) is 0 Å². The Labute approximate surface area is 102 Å². The lowest BCUT2D eigenvalue weighted by atomic mass is 10.1. The van der Waals surface area contributed by atoms with Gasteiger partial charge in [-0.05, 0) is 37.0 Å². The number of hydrogen-bond acceptors (Lipinski definition) is 2. The molecule has 1 N–H and O–H groups in total. The number of benzene rings is 1. The first-order valence-corrected chi connectivity index (χ1v) is 6.06. The highest BCUT2D eigenvalue weighted by atomic mass is 16.5. The third kappa shape index (κ3) is 2.78. The van der Waals surface area contributed by atoms with Gasteiger partial charge >= 0.3 is 0 Å². The predicted molar refractivity (Wildman–Crippen MR) is 66.8 cm³/mol. The molecule has 3 heteroatoms. The van der Waals surface area contributed by atoms with Gasteiger partial charge in [-0.3, -0.25) is 4.79 Å². The van der Waals surface area contributed by atoms with Gasteiger partial charge in [0.2, 0.25) is 5.91 Å². The zero-order chi connectivity index (χ0) is 12.4. The fraction of sp³-hybridized carbons (Fsp3) is 0.500. The fourth-order valence-corrected chi connectivity index (χ4v) is 1.98. The quantitative estimate of drug-likeness (QED) is 0.867. The molecule has 3 atom stereocenters. The van der Waals surface area contributed by atoms with Crippen LogP contribution in [0.2, 0.25) is 0 Å². The average molecular weight is 233 g/mol. The molecule has 0 bridgehead atoms. The predicted octanol–water partition coefficient (Wildman–Crippen LogP) is 2.53. The van der Waals surface area contributed by atoms with Crippen molar-refractivity contribution in [1.29, 1.82) is 0 Å². The van der Waals surface area contributed by atoms with Crippen LogP contribution >= 0.6 is 0 Å². The maximum absolute atomic E-state index is 11.8. The Morgan fingerprint density at radius 2 is 2.00 bits per heavy atom. The van der Waals surface area contributed by atoms with Crippen molar-refractivity contribution < 1.29 is 9.53 Å². The van der Waals surface area contributed by atoms with E-state index in [-0.39, 0.29) is 17.9 Å². The van der Waals surface area contributed by atoms with Gasteiger partial charge in [-0.15, -0.1) is 0 Å². The lowest BCUT2D eigenvalue weighted by molar-refractivity contribution is -0.123. The third-order valence-electron chi connectivity index (χ3n) is 3.42. The van der Waals surface area contributed by atoms with Crippen molar-refractivity contribution in [2.24, 2.45) is 11.8 Å². The highest BCUT2D eigenvalue weighted by molar-refractivity contribution is 5.81. The summed E-state index contributed by atoms with van der Waals surface area (Å²) >= 11 is 0. The minimum atomic E-state index is 0.0567. The minimum Gasteiger partial charge on any atom is -0.497 e. The molecule has 1 aromatic carbocycles. The van der Waals surface area contributed by atoms with E-state index in [9.17, 15) is 4.79 Å². The van der Waals surface area contributed by atoms with E-state index in [0.717, 1.165) is 17.7 Å². The highest BCUT2D eigenvalue weighted by Crippen LogP contribution is 2.38. The molecule has 0 spiro atoms. The van der Waals surface area contributed by atoms with E-state index < -0.39 is 0 Å². The number of rotatable bonds is 4. The maximum Gasteiger partial charge on any atom is 0.223 e. The van der Waals surface area contributed by atoms with Crippen molar-refractivity contribution in [2.75, 3.05) is 7.11 Å². The molecule has 1 fully saturated rings. The Kier molecular flexibility index (Phi) is 3.36. The van der Waals surface area contributed by atoms with Crippen LogP contribution in [0.5, 0.6) is 5.75 Å². The summed E-state index contributed by atoms with van der Waals surface area (Å²) in [6.07, 6.45) is 1.03. The number of ether oxygens (including phenoxy) is 1. The van der Waals surface area contributed by atoms with Crippen LogP contribution in [0.1, 0.15) is 31.9 Å². The van der Waals surface area contributed by atoms with E-state index in [4.69, 9.17) is 4.74 Å². The van der Waals surface area contributed by atoms with Crippen molar-refractivity contribution in [3.05, 3.63) is 29.8 Å². The normalized spacial score (nSPS) is 23.9. The lowest BCUT2D eigenvalue weighted by Gasteiger charge is -2.14. The van der Waals surface area contributed by atoms with Crippen LogP contribution in [0.4, 0.5) is 0 Å². The summed E-state index contributed by atoms with van der Waals surface area (Å²) in [7, 11) is 1.65. The van der Waals surface area contributed by atoms with Gasteiger partial charge in [0, 0.05) is 5.92 Å². The number of hydrogen-bond donors (Lipinski definition) is 1. The van der Waals surface area contributed by atoms with Crippen molar-refractivity contribution >= 4 is 5.91 Å². The molecular weight excluding hydrogens is 214 g/mol. The summed E-state index contributed by atoms with van der Waals surface area (Å²) < 4.78 is 5.10. The first-order chi connectivity index (χ1) is 8.11. The largest absolute Gasteiger partial charge is 0.497 e. The SMILES string of the molecule is COc1ccc([C@@H](C)NC(=O)[C@H]2C[C@@H]2C)cc1. The van der Waals surface area contributed by atoms with Crippen LogP contribution in [-0.2, 0) is 4.79 Å². The summed E-state index contributed by atoms with van der Waals surface area (Å²) in [5.74, 6) is 1.80. The van der Waals surface area contributed by atoms with Crippen LogP contribution < -0.4 is 10.1 Å². The third-order valence-corrected chi connectivity index (χ3v) is 3.42. The molecule has 1 saturated carbocycles. The number of amides is 1. The molecule has 1 amide bonds. The molecule has 0 saturated heterocycles. The first kappa shape index (κ1) is 12.0. The molecule has 92 valence electrons. The second kappa shape index (κ2) is 4.78. The molecule has 0 unspecified atom stereocenters. The second-order valence-electron chi connectivity index (χ2n) is 4.82. The zero-order valence-corrected chi connectivity index (χ0v) is 10.6. The van der Waals surface area contributed by atoms with Gasteiger partial charge < -0.3 is 10.1 Å². The number of carbonyl (C=O) groups is 1. The summed E-state index contributed by atoms with van der Waals surface area (Å²) in [4.78, 5) is 11.8. The highest BCUT2D eigenvalue weighted by Gasteiger charge is 2.39. The molecule has 2 rings (SSSR count). The van der Waals surface area contributed by atoms with E-state index in [0.29, 0.717) is 5.92 Å². The molecule has 0 radical (unpaired) electrons. The van der Waals surface area contributed by atoms with Gasteiger partial charge in [0.05, 0.1) is 13.2 Å². The van der Waals surface area contributed by atoms with Crippen molar-refractivity contribution in [2.45, 2.75) is 26.3 Å². The monoisotopic (exact) mass is 233 g/mol. The molecule has 1 aromatic rings.